The minimum atomic E-state index is 0.0222. The Labute approximate surface area is 163 Å². The van der Waals surface area contributed by atoms with Crippen molar-refractivity contribution in [2.75, 3.05) is 18.4 Å². The Kier molecular flexibility index (Phi) is 3.89. The van der Waals surface area contributed by atoms with Gasteiger partial charge in [-0.3, -0.25) is 19.5 Å². The van der Waals surface area contributed by atoms with E-state index in [2.05, 4.69) is 27.3 Å². The molecule has 1 fully saturated rings. The Hall–Kier alpha value is -3.22. The minimum Gasteiger partial charge on any atom is -0.339 e. The molecule has 2 aromatic heterocycles. The van der Waals surface area contributed by atoms with Crippen LogP contribution in [-0.2, 0) is 13.6 Å². The normalized spacial score (nSPS) is 18.4. The van der Waals surface area contributed by atoms with Crippen LogP contribution in [0.5, 0.6) is 0 Å². The average molecular weight is 374 g/mol. The van der Waals surface area contributed by atoms with Crippen molar-refractivity contribution in [3.8, 4) is 0 Å². The molecule has 1 atom stereocenters. The number of hydrogen-bond donors (Lipinski definition) is 1. The third kappa shape index (κ3) is 2.74. The molecule has 0 saturated carbocycles. The first kappa shape index (κ1) is 16.9. The van der Waals surface area contributed by atoms with Crippen LogP contribution in [0.2, 0.25) is 0 Å². The van der Waals surface area contributed by atoms with Gasteiger partial charge in [-0.2, -0.15) is 5.10 Å². The molecular weight excluding hydrogens is 352 g/mol. The summed E-state index contributed by atoms with van der Waals surface area (Å²) in [6, 6.07) is 9.92. The predicted octanol–water partition coefficient (Wildman–Crippen LogP) is 2.82. The number of carbonyl (C=O) groups is 1. The molecule has 1 amide bonds. The number of carbonyl (C=O) groups excluding carboxylic acids is 1. The summed E-state index contributed by atoms with van der Waals surface area (Å²) in [6.07, 6.45) is 2.84. The van der Waals surface area contributed by atoms with Gasteiger partial charge >= 0.3 is 0 Å². The lowest BCUT2D eigenvalue weighted by Gasteiger charge is -2.14. The lowest BCUT2D eigenvalue weighted by atomic mass is 10.1. The van der Waals surface area contributed by atoms with E-state index in [4.69, 9.17) is 0 Å². The van der Waals surface area contributed by atoms with Gasteiger partial charge in [0.25, 0.3) is 5.91 Å². The van der Waals surface area contributed by atoms with Crippen molar-refractivity contribution in [3.05, 3.63) is 53.5 Å². The molecule has 0 bridgehead atoms. The topological polar surface area (TPSA) is 75.4 Å². The highest BCUT2D eigenvalue weighted by molar-refractivity contribution is 6.11. The van der Waals surface area contributed by atoms with E-state index in [9.17, 15) is 4.79 Å². The largest absolute Gasteiger partial charge is 0.339 e. The molecule has 4 heterocycles. The Morgan fingerprint density at radius 2 is 2.18 bits per heavy atom. The summed E-state index contributed by atoms with van der Waals surface area (Å²) in [6.45, 7) is 4.44. The van der Waals surface area contributed by atoms with E-state index >= 15 is 0 Å². The number of likely N-dealkylation sites (tertiary alicyclic amines) is 1. The van der Waals surface area contributed by atoms with E-state index in [1.54, 1.807) is 10.9 Å². The Morgan fingerprint density at radius 1 is 1.29 bits per heavy atom. The van der Waals surface area contributed by atoms with Crippen LogP contribution in [-0.4, -0.2) is 44.5 Å². The number of nitrogens with one attached hydrogen (secondary N) is 1. The van der Waals surface area contributed by atoms with Gasteiger partial charge in [0.05, 0.1) is 12.1 Å². The van der Waals surface area contributed by atoms with Gasteiger partial charge < -0.3 is 10.2 Å². The van der Waals surface area contributed by atoms with E-state index in [1.807, 2.05) is 42.3 Å². The third-order valence-corrected chi connectivity index (χ3v) is 5.55. The number of aryl methyl sites for hydroxylation is 1. The molecule has 28 heavy (non-hydrogen) atoms. The maximum atomic E-state index is 12.9. The summed E-state index contributed by atoms with van der Waals surface area (Å²) >= 11 is 0. The summed E-state index contributed by atoms with van der Waals surface area (Å²) in [5.41, 5.74) is 4.37. The highest BCUT2D eigenvalue weighted by Crippen LogP contribution is 2.26. The molecule has 2 aliphatic rings. The fourth-order valence-electron chi connectivity index (χ4n) is 4.02. The van der Waals surface area contributed by atoms with Crippen molar-refractivity contribution in [1.82, 2.24) is 19.7 Å². The van der Waals surface area contributed by atoms with E-state index < -0.39 is 0 Å². The number of anilines is 1. The van der Waals surface area contributed by atoms with Gasteiger partial charge in [0.2, 0.25) is 0 Å². The van der Waals surface area contributed by atoms with Crippen molar-refractivity contribution >= 4 is 28.3 Å². The number of pyridine rings is 1. The number of fused-ring (bicyclic) bond motifs is 2. The van der Waals surface area contributed by atoms with Crippen molar-refractivity contribution in [3.63, 3.8) is 0 Å². The van der Waals surface area contributed by atoms with Crippen LogP contribution < -0.4 is 5.32 Å². The molecule has 0 unspecified atom stereocenters. The second-order valence-electron chi connectivity index (χ2n) is 7.65. The van der Waals surface area contributed by atoms with Gasteiger partial charge in [0.15, 0.2) is 11.5 Å². The Morgan fingerprint density at radius 3 is 3.00 bits per heavy atom. The SMILES string of the molecule is C[C@@H]1CCN(C(=O)c2nn(C)c3cc(NC4=NCc5cccnc54)ccc23)C1. The summed E-state index contributed by atoms with van der Waals surface area (Å²) in [7, 11) is 1.87. The summed E-state index contributed by atoms with van der Waals surface area (Å²) in [4.78, 5) is 23.8. The van der Waals surface area contributed by atoms with Gasteiger partial charge in [-0.05, 0) is 36.6 Å². The summed E-state index contributed by atoms with van der Waals surface area (Å²) in [5.74, 6) is 1.35. The Balaban J connectivity index is 1.45. The van der Waals surface area contributed by atoms with Crippen LogP contribution in [0.3, 0.4) is 0 Å². The number of rotatable bonds is 2. The Bertz CT molecular complexity index is 1120. The standard InChI is InChI=1S/C21H22N6O/c1-13-7-9-27(12-13)21(28)19-16-6-5-15(10-17(16)26(2)25-19)24-20-18-14(11-23-20)4-3-8-22-18/h3-6,8,10,13H,7,9,11-12H2,1-2H3,(H,23,24)/t13-/m1/s1. The fourth-order valence-corrected chi connectivity index (χ4v) is 4.02. The molecule has 7 heteroatoms. The number of benzene rings is 1. The first-order valence-electron chi connectivity index (χ1n) is 9.62. The molecule has 2 aliphatic heterocycles. The van der Waals surface area contributed by atoms with Crippen molar-refractivity contribution in [2.24, 2.45) is 18.0 Å². The smallest absolute Gasteiger partial charge is 0.275 e. The summed E-state index contributed by atoms with van der Waals surface area (Å²) < 4.78 is 1.77. The number of aliphatic imine (C=N–C) groups is 1. The molecule has 7 nitrogen and oxygen atoms in total. The maximum absolute atomic E-state index is 12.9. The molecular formula is C21H22N6O. The lowest BCUT2D eigenvalue weighted by Crippen LogP contribution is -2.29. The van der Waals surface area contributed by atoms with Crippen LogP contribution in [0.25, 0.3) is 10.9 Å². The van der Waals surface area contributed by atoms with Crippen LogP contribution >= 0.6 is 0 Å². The van der Waals surface area contributed by atoms with Gasteiger partial charge in [0, 0.05) is 43.0 Å². The number of aromatic nitrogens is 3. The van der Waals surface area contributed by atoms with Crippen molar-refractivity contribution < 1.29 is 4.79 Å². The zero-order valence-electron chi connectivity index (χ0n) is 16.0. The molecule has 3 aromatic rings. The monoisotopic (exact) mass is 374 g/mol. The average Bonchev–Trinajstić information content (AvgIpc) is 3.40. The first-order valence-corrected chi connectivity index (χ1v) is 9.62. The molecule has 0 spiro atoms. The van der Waals surface area contributed by atoms with Crippen LogP contribution in [0.1, 0.15) is 35.1 Å². The lowest BCUT2D eigenvalue weighted by molar-refractivity contribution is 0.0783. The van der Waals surface area contributed by atoms with E-state index in [1.165, 1.54) is 0 Å². The number of hydrogen-bond acceptors (Lipinski definition) is 5. The molecule has 1 N–H and O–H groups in total. The third-order valence-electron chi connectivity index (χ3n) is 5.55. The number of nitrogens with zero attached hydrogens (tertiary/aromatic N) is 5. The second-order valence-corrected chi connectivity index (χ2v) is 7.65. The fraction of sp³-hybridized carbons (Fsp3) is 0.333. The highest BCUT2D eigenvalue weighted by atomic mass is 16.2. The van der Waals surface area contributed by atoms with Crippen LogP contribution in [0.15, 0.2) is 41.5 Å². The molecule has 0 radical (unpaired) electrons. The first-order chi connectivity index (χ1) is 13.6. The number of amidine groups is 1. The predicted molar refractivity (Wildman–Crippen MR) is 108 cm³/mol. The zero-order valence-corrected chi connectivity index (χ0v) is 16.0. The molecule has 1 saturated heterocycles. The maximum Gasteiger partial charge on any atom is 0.275 e. The molecule has 1 aromatic carbocycles. The minimum absolute atomic E-state index is 0.0222. The van der Waals surface area contributed by atoms with Crippen LogP contribution in [0.4, 0.5) is 5.69 Å². The van der Waals surface area contributed by atoms with Gasteiger partial charge in [0.1, 0.15) is 5.69 Å². The zero-order chi connectivity index (χ0) is 19.3. The summed E-state index contributed by atoms with van der Waals surface area (Å²) in [5, 5.41) is 8.77. The highest BCUT2D eigenvalue weighted by Gasteiger charge is 2.27. The second kappa shape index (κ2) is 6.44. The van der Waals surface area contributed by atoms with Gasteiger partial charge in [-0.1, -0.05) is 13.0 Å². The van der Waals surface area contributed by atoms with Crippen LogP contribution in [0, 0.1) is 5.92 Å². The van der Waals surface area contributed by atoms with Gasteiger partial charge in [-0.15, -0.1) is 0 Å². The molecule has 5 rings (SSSR count). The van der Waals surface area contributed by atoms with E-state index in [0.717, 1.165) is 53.2 Å². The van der Waals surface area contributed by atoms with E-state index in [-0.39, 0.29) is 5.91 Å². The molecule has 0 aliphatic carbocycles. The van der Waals surface area contributed by atoms with Gasteiger partial charge in [-0.25, -0.2) is 0 Å². The quantitative estimate of drug-likeness (QED) is 0.748. The molecule has 142 valence electrons. The number of amides is 1. The van der Waals surface area contributed by atoms with Crippen molar-refractivity contribution in [1.29, 1.82) is 0 Å². The van der Waals surface area contributed by atoms with Crippen molar-refractivity contribution in [2.45, 2.75) is 19.9 Å². The van der Waals surface area contributed by atoms with E-state index in [0.29, 0.717) is 18.2 Å².